The van der Waals surface area contributed by atoms with Gasteiger partial charge in [-0.2, -0.15) is 0 Å². The number of amides is 1. The van der Waals surface area contributed by atoms with Gasteiger partial charge in [0.2, 0.25) is 5.91 Å². The van der Waals surface area contributed by atoms with Gasteiger partial charge in [-0.25, -0.2) is 4.98 Å². The molecule has 1 fully saturated rings. The summed E-state index contributed by atoms with van der Waals surface area (Å²) in [6, 6.07) is 8.17. The van der Waals surface area contributed by atoms with E-state index < -0.39 is 0 Å². The third-order valence-corrected chi connectivity index (χ3v) is 5.36. The van der Waals surface area contributed by atoms with Gasteiger partial charge in [0.1, 0.15) is 0 Å². The number of halogens is 2. The van der Waals surface area contributed by atoms with E-state index >= 15 is 0 Å². The predicted octanol–water partition coefficient (Wildman–Crippen LogP) is 3.24. The van der Waals surface area contributed by atoms with E-state index in [4.69, 9.17) is 5.73 Å². The Bertz CT molecular complexity index is 853. The number of carbonyl (C=O) groups excluding carboxylic acids is 1. The predicted molar refractivity (Wildman–Crippen MR) is 106 cm³/mol. The first-order valence-corrected chi connectivity index (χ1v) is 8.38. The molecule has 2 N–H and O–H groups in total. The van der Waals surface area contributed by atoms with Gasteiger partial charge in [-0.05, 0) is 12.1 Å². The molecule has 1 amide bonds. The zero-order valence-corrected chi connectivity index (χ0v) is 15.7. The lowest BCUT2D eigenvalue weighted by molar-refractivity contribution is -0.121. The second kappa shape index (κ2) is 7.99. The fourth-order valence-corrected chi connectivity index (χ4v) is 4.13. The highest BCUT2D eigenvalue weighted by Gasteiger charge is 2.39. The van der Waals surface area contributed by atoms with Crippen molar-refractivity contribution in [3.8, 4) is 0 Å². The van der Waals surface area contributed by atoms with Crippen molar-refractivity contribution in [2.75, 3.05) is 18.0 Å². The maximum Gasteiger partial charge on any atom is 0.223 e. The van der Waals surface area contributed by atoms with Crippen LogP contribution < -0.4 is 10.6 Å². The summed E-state index contributed by atoms with van der Waals surface area (Å²) in [5, 5.41) is 5.17. The van der Waals surface area contributed by atoms with Crippen LogP contribution in [0.15, 0.2) is 48.2 Å². The van der Waals surface area contributed by atoms with Gasteiger partial charge in [-0.15, -0.1) is 36.2 Å². The monoisotopic (exact) mass is 396 g/mol. The molecule has 3 heterocycles. The number of pyridine rings is 1. The van der Waals surface area contributed by atoms with Crippen LogP contribution in [0.3, 0.4) is 0 Å². The normalized spacial score (nSPS) is 19.3. The van der Waals surface area contributed by atoms with Gasteiger partial charge in [0.25, 0.3) is 0 Å². The van der Waals surface area contributed by atoms with Gasteiger partial charge in [0, 0.05) is 59.4 Å². The Morgan fingerprint density at radius 3 is 2.76 bits per heavy atom. The standard InChI is InChI=1S/C17H16N4OS.2ClH/c18-16(22)13-9-21(10-14(13)17-20-6-7-23-17)15-3-1-2-11-8-19-5-4-12(11)15;;/h1-8,13-14H,9-10H2,(H2,18,22);2*1H. The van der Waals surface area contributed by atoms with E-state index in [1.807, 2.05) is 29.8 Å². The molecule has 132 valence electrons. The maximum atomic E-state index is 11.9. The Hall–Kier alpha value is -1.89. The number of hydrogen-bond acceptors (Lipinski definition) is 5. The van der Waals surface area contributed by atoms with Crippen LogP contribution in [0.2, 0.25) is 0 Å². The largest absolute Gasteiger partial charge is 0.369 e. The number of thiazole rings is 1. The van der Waals surface area contributed by atoms with Crippen molar-refractivity contribution in [2.45, 2.75) is 5.92 Å². The van der Waals surface area contributed by atoms with E-state index in [9.17, 15) is 4.79 Å². The van der Waals surface area contributed by atoms with E-state index in [2.05, 4.69) is 20.9 Å². The van der Waals surface area contributed by atoms with Crippen LogP contribution in [0.1, 0.15) is 10.9 Å². The molecule has 3 aromatic rings. The molecular weight excluding hydrogens is 379 g/mol. The van der Waals surface area contributed by atoms with Crippen LogP contribution in [-0.4, -0.2) is 29.0 Å². The second-order valence-electron chi connectivity index (χ2n) is 5.76. The zero-order chi connectivity index (χ0) is 15.8. The first kappa shape index (κ1) is 19.4. The molecule has 1 saturated heterocycles. The number of aromatic nitrogens is 2. The molecule has 0 saturated carbocycles. The average molecular weight is 397 g/mol. The minimum Gasteiger partial charge on any atom is -0.369 e. The van der Waals surface area contributed by atoms with Crippen LogP contribution >= 0.6 is 36.2 Å². The molecule has 0 spiro atoms. The highest BCUT2D eigenvalue weighted by atomic mass is 35.5. The molecule has 2 unspecified atom stereocenters. The smallest absolute Gasteiger partial charge is 0.223 e. The van der Waals surface area contributed by atoms with Gasteiger partial charge in [-0.3, -0.25) is 9.78 Å². The van der Waals surface area contributed by atoms with Gasteiger partial charge < -0.3 is 10.6 Å². The number of primary amides is 1. The summed E-state index contributed by atoms with van der Waals surface area (Å²) < 4.78 is 0. The highest BCUT2D eigenvalue weighted by molar-refractivity contribution is 7.09. The summed E-state index contributed by atoms with van der Waals surface area (Å²) >= 11 is 1.59. The zero-order valence-electron chi connectivity index (χ0n) is 13.2. The quantitative estimate of drug-likeness (QED) is 0.737. The summed E-state index contributed by atoms with van der Waals surface area (Å²) in [5.74, 6) is -0.405. The number of hydrogen-bond donors (Lipinski definition) is 1. The van der Waals surface area contributed by atoms with E-state index in [1.54, 1.807) is 23.7 Å². The van der Waals surface area contributed by atoms with Crippen LogP contribution in [0.4, 0.5) is 5.69 Å². The average Bonchev–Trinajstić information content (AvgIpc) is 3.23. The Balaban J connectivity index is 0.00000113. The molecule has 1 aromatic carbocycles. The van der Waals surface area contributed by atoms with Crippen molar-refractivity contribution >= 4 is 58.5 Å². The van der Waals surface area contributed by atoms with Crippen molar-refractivity contribution in [3.05, 3.63) is 53.2 Å². The van der Waals surface area contributed by atoms with Crippen molar-refractivity contribution in [2.24, 2.45) is 11.7 Å². The molecule has 0 aliphatic carbocycles. The van der Waals surface area contributed by atoms with Gasteiger partial charge in [0.05, 0.1) is 10.9 Å². The SMILES string of the molecule is Cl.Cl.NC(=O)C1CN(c2cccc3cnccc23)CC1c1nccs1. The summed E-state index contributed by atoms with van der Waals surface area (Å²) in [6.07, 6.45) is 5.44. The molecule has 25 heavy (non-hydrogen) atoms. The maximum absolute atomic E-state index is 11.9. The van der Waals surface area contributed by atoms with Crippen LogP contribution in [0, 0.1) is 5.92 Å². The molecule has 1 aliphatic rings. The molecule has 0 radical (unpaired) electrons. The van der Waals surface area contributed by atoms with E-state index in [0.717, 1.165) is 28.0 Å². The lowest BCUT2D eigenvalue weighted by Crippen LogP contribution is -2.29. The van der Waals surface area contributed by atoms with Crippen LogP contribution in [-0.2, 0) is 4.79 Å². The first-order chi connectivity index (χ1) is 11.2. The van der Waals surface area contributed by atoms with Crippen LogP contribution in [0.5, 0.6) is 0 Å². The third-order valence-electron chi connectivity index (χ3n) is 4.45. The Morgan fingerprint density at radius 1 is 1.20 bits per heavy atom. The molecule has 1 aliphatic heterocycles. The molecule has 2 atom stereocenters. The molecule has 2 aromatic heterocycles. The Kier molecular flexibility index (Phi) is 6.21. The number of carbonyl (C=O) groups is 1. The summed E-state index contributed by atoms with van der Waals surface area (Å²) in [7, 11) is 0. The highest BCUT2D eigenvalue weighted by Crippen LogP contribution is 2.38. The number of fused-ring (bicyclic) bond motifs is 1. The van der Waals surface area contributed by atoms with Crippen molar-refractivity contribution in [1.82, 2.24) is 9.97 Å². The summed E-state index contributed by atoms with van der Waals surface area (Å²) in [6.45, 7) is 1.38. The number of nitrogens with two attached hydrogens (primary N) is 1. The van der Waals surface area contributed by atoms with Gasteiger partial charge in [-0.1, -0.05) is 12.1 Å². The van der Waals surface area contributed by atoms with Crippen molar-refractivity contribution in [1.29, 1.82) is 0 Å². The third kappa shape index (κ3) is 3.56. The molecule has 5 nitrogen and oxygen atoms in total. The first-order valence-electron chi connectivity index (χ1n) is 7.50. The lowest BCUT2D eigenvalue weighted by atomic mass is 9.96. The molecular formula is C17H18Cl2N4OS. The second-order valence-corrected chi connectivity index (χ2v) is 6.69. The molecule has 8 heteroatoms. The number of benzene rings is 1. The van der Waals surface area contributed by atoms with Crippen molar-refractivity contribution in [3.63, 3.8) is 0 Å². The van der Waals surface area contributed by atoms with E-state index in [0.29, 0.717) is 6.54 Å². The Labute approximate surface area is 162 Å². The molecule has 0 bridgehead atoms. The van der Waals surface area contributed by atoms with Crippen LogP contribution in [0.25, 0.3) is 10.8 Å². The van der Waals surface area contributed by atoms with Gasteiger partial charge >= 0.3 is 0 Å². The minimum absolute atomic E-state index is 0. The van der Waals surface area contributed by atoms with E-state index in [-0.39, 0.29) is 42.6 Å². The summed E-state index contributed by atoms with van der Waals surface area (Å²) in [4.78, 5) is 22.7. The number of rotatable bonds is 3. The fraction of sp³-hybridized carbons (Fsp3) is 0.235. The topological polar surface area (TPSA) is 72.1 Å². The van der Waals surface area contributed by atoms with Gasteiger partial charge in [0.15, 0.2) is 0 Å². The summed E-state index contributed by atoms with van der Waals surface area (Å²) in [5.41, 5.74) is 6.77. The van der Waals surface area contributed by atoms with Crippen molar-refractivity contribution < 1.29 is 4.79 Å². The Morgan fingerprint density at radius 2 is 2.04 bits per heavy atom. The molecule has 4 rings (SSSR count). The number of anilines is 1. The minimum atomic E-state index is -0.255. The lowest BCUT2D eigenvalue weighted by Gasteiger charge is -2.20. The fourth-order valence-electron chi connectivity index (χ4n) is 3.34. The van der Waals surface area contributed by atoms with E-state index in [1.165, 1.54) is 0 Å². The number of nitrogens with zero attached hydrogens (tertiary/aromatic N) is 3.